The summed E-state index contributed by atoms with van der Waals surface area (Å²) in [7, 11) is 0. The van der Waals surface area contributed by atoms with Crippen LogP contribution < -0.4 is 103 Å². The highest BCUT2D eigenvalue weighted by Crippen LogP contribution is 2.14. The van der Waals surface area contributed by atoms with Gasteiger partial charge in [0.25, 0.3) is 0 Å². The minimum Gasteiger partial charge on any atom is -0.481 e. The van der Waals surface area contributed by atoms with Crippen LogP contribution in [0.25, 0.3) is 10.4 Å². The third kappa shape index (κ3) is 35.7. The number of carbonyl (C=O) groups is 19. The van der Waals surface area contributed by atoms with E-state index in [-0.39, 0.29) is 64.0 Å². The number of aliphatic imine (C=N–C) groups is 1. The van der Waals surface area contributed by atoms with E-state index in [0.717, 1.165) is 6.92 Å². The SMILES string of the molecule is CC[C@H](C)[C@@H]1NC(=O)[C@H](CCC(=O)O)NC(=O)[C@H](CC(N)=O)NC(=O)[C@H](CC(N)=O)NC(=O)[C@H](CO)NC(=O)[C@H](CC(N)=O)NC(=O)CNC(=O)CNC(=O)[C@H](CC(=O)O)NC(=O)[C@H](CCCN=C(N)N)NC(=O)[C@H]([C@@H](C)O)NC(=O)[C@H](CC(C)C)NC(=O)CNC(=O)[C@H](CCCCN=[N+]=[N-])NC1=O. The van der Waals surface area contributed by atoms with Crippen molar-refractivity contribution < 1.29 is 112 Å². The molecule has 0 aliphatic carbocycles. The lowest BCUT2D eigenvalue weighted by Crippen LogP contribution is -2.62. The van der Waals surface area contributed by atoms with Gasteiger partial charge < -0.3 is 124 Å². The Labute approximate surface area is 593 Å². The number of carboxylic acid groups (broad SMARTS) is 2. The Balaban J connectivity index is 4.16. The third-order valence-electron chi connectivity index (χ3n) is 15.0. The monoisotopic (exact) mass is 1480 g/mol. The summed E-state index contributed by atoms with van der Waals surface area (Å²) in [4.78, 5) is 260. The fourth-order valence-corrected chi connectivity index (χ4v) is 9.48. The van der Waals surface area contributed by atoms with Crippen LogP contribution in [0, 0.1) is 11.8 Å². The molecule has 1 fully saturated rings. The highest BCUT2D eigenvalue weighted by molar-refractivity contribution is 6.02. The van der Waals surface area contributed by atoms with E-state index in [0.29, 0.717) is 0 Å². The summed E-state index contributed by atoms with van der Waals surface area (Å²) in [6.45, 7) is 2.76. The van der Waals surface area contributed by atoms with Crippen LogP contribution in [0.4, 0.5) is 0 Å². The standard InChI is InChI=1S/C58H95N23O23/c1-6-26(4)45-56(103)73-28(10-7-8-15-69-81-64)47(94)68-23-42(89)70-31(16-25(2)3)54(101)80-46(27(5)83)57(104)74-29(11-9-14-65-58(62)63)49(96)77-35(20-44(92)93)48(95)67-21-40(87)66-22-41(88)71-32(17-37(59)84)51(98)78-36(24-82)55(102)76-34(19-39(61)86)53(100)75-33(18-38(60)85)52(99)72-30(50(97)79-45)12-13-43(90)91/h25-36,45-46,82-83H,6-24H2,1-5H3,(H2,59,84)(H2,60,85)(H2,61,86)(H,66,87)(H,67,95)(H,68,94)(H,70,89)(H,71,88)(H,72,99)(H,73,103)(H,74,104)(H,75,100)(H,76,102)(H,77,96)(H,78,98)(H,79,97)(H,80,101)(H,90,91)(H,92,93)(H4,62,63,65)/t26-,27+,28-,29-,30-,31-,32-,33-,34-,35-,36-,45-,46-/m0/s1. The fraction of sp³-hybridized carbons (Fsp3) is 0.655. The Morgan fingerprint density at radius 2 is 0.837 bits per heavy atom. The van der Waals surface area contributed by atoms with Crippen molar-refractivity contribution in [3.63, 3.8) is 0 Å². The third-order valence-corrected chi connectivity index (χ3v) is 15.0. The molecule has 1 rings (SSSR count). The van der Waals surface area contributed by atoms with Crippen molar-refractivity contribution in [2.75, 3.05) is 39.3 Å². The first kappa shape index (κ1) is 90.4. The number of carboxylic acids is 2. The highest BCUT2D eigenvalue weighted by Gasteiger charge is 2.39. The van der Waals surface area contributed by atoms with Crippen LogP contribution in [0.5, 0.6) is 0 Å². The zero-order chi connectivity index (χ0) is 79.1. The zero-order valence-corrected chi connectivity index (χ0v) is 57.7. The van der Waals surface area contributed by atoms with E-state index < -0.39 is 262 Å². The van der Waals surface area contributed by atoms with Gasteiger partial charge >= 0.3 is 11.9 Å². The summed E-state index contributed by atoms with van der Waals surface area (Å²) in [5.74, 6) is -26.5. The number of carbonyl (C=O) groups excluding carboxylic acids is 17. The molecule has 104 heavy (non-hydrogen) atoms. The molecule has 13 atom stereocenters. The Hall–Kier alpha value is -11.6. The minimum absolute atomic E-state index is 0.0665. The number of guanidine groups is 1. The highest BCUT2D eigenvalue weighted by atomic mass is 16.4. The molecule has 1 saturated heterocycles. The molecular formula is C58H95N23O23. The number of aliphatic carboxylic acids is 2. The van der Waals surface area contributed by atoms with Crippen LogP contribution >= 0.6 is 0 Å². The average Bonchev–Trinajstić information content (AvgIpc) is 0.863. The molecule has 580 valence electrons. The van der Waals surface area contributed by atoms with Gasteiger partial charge in [-0.1, -0.05) is 45.7 Å². The topological polar surface area (TPSA) is 765 Å². The molecule has 46 nitrogen and oxygen atoms in total. The number of nitrogens with zero attached hydrogens (tertiary/aromatic N) is 4. The number of hydrogen-bond donors (Lipinski definition) is 23. The maximum atomic E-state index is 14.4. The lowest BCUT2D eigenvalue weighted by molar-refractivity contribution is -0.141. The van der Waals surface area contributed by atoms with Crippen LogP contribution in [0.3, 0.4) is 0 Å². The molecule has 1 aliphatic rings. The zero-order valence-electron chi connectivity index (χ0n) is 57.7. The van der Waals surface area contributed by atoms with Crippen molar-refractivity contribution in [2.45, 2.75) is 191 Å². The van der Waals surface area contributed by atoms with Gasteiger partial charge in [0.1, 0.15) is 66.5 Å². The summed E-state index contributed by atoms with van der Waals surface area (Å²) < 4.78 is 0. The van der Waals surface area contributed by atoms with Gasteiger partial charge in [0.05, 0.1) is 58.0 Å². The van der Waals surface area contributed by atoms with Crippen molar-refractivity contribution in [1.82, 2.24) is 74.4 Å². The van der Waals surface area contributed by atoms with Gasteiger partial charge in [-0.05, 0) is 62.8 Å². The Kier molecular flexibility index (Phi) is 40.7. The van der Waals surface area contributed by atoms with Crippen molar-refractivity contribution >= 4 is 118 Å². The Morgan fingerprint density at radius 1 is 0.452 bits per heavy atom. The molecule has 0 aromatic carbocycles. The summed E-state index contributed by atoms with van der Waals surface area (Å²) in [6, 6.07) is -20.9. The second-order valence-corrected chi connectivity index (χ2v) is 24.2. The molecule has 0 aromatic heterocycles. The first-order valence-electron chi connectivity index (χ1n) is 32.5. The molecule has 0 spiro atoms. The van der Waals surface area contributed by atoms with E-state index in [1.54, 1.807) is 20.8 Å². The maximum Gasteiger partial charge on any atom is 0.305 e. The summed E-state index contributed by atoms with van der Waals surface area (Å²) in [5, 5.41) is 74.6. The van der Waals surface area contributed by atoms with E-state index in [9.17, 15) is 112 Å². The normalized spacial score (nSPS) is 24.2. The lowest BCUT2D eigenvalue weighted by Gasteiger charge is -2.29. The molecule has 46 heteroatoms. The number of amides is 17. The summed E-state index contributed by atoms with van der Waals surface area (Å²) >= 11 is 0. The molecule has 0 saturated carbocycles. The van der Waals surface area contributed by atoms with Crippen molar-refractivity contribution in [3.8, 4) is 0 Å². The molecule has 17 amide bonds. The summed E-state index contributed by atoms with van der Waals surface area (Å²) in [5.41, 5.74) is 35.7. The van der Waals surface area contributed by atoms with Crippen molar-refractivity contribution in [3.05, 3.63) is 10.4 Å². The number of nitrogens with one attached hydrogen (secondary N) is 14. The van der Waals surface area contributed by atoms with E-state index >= 15 is 0 Å². The van der Waals surface area contributed by atoms with Gasteiger partial charge in [0, 0.05) is 24.4 Å². The van der Waals surface area contributed by atoms with Gasteiger partial charge in [-0.25, -0.2) is 0 Å². The number of hydrogen-bond acceptors (Lipinski definition) is 23. The molecule has 0 unspecified atom stereocenters. The minimum atomic E-state index is -2.17. The molecule has 28 N–H and O–H groups in total. The van der Waals surface area contributed by atoms with E-state index in [1.807, 2.05) is 31.9 Å². The number of rotatable bonds is 26. The van der Waals surface area contributed by atoms with Gasteiger partial charge in [0.15, 0.2) is 5.96 Å². The smallest absolute Gasteiger partial charge is 0.305 e. The van der Waals surface area contributed by atoms with Gasteiger partial charge in [-0.15, -0.1) is 0 Å². The van der Waals surface area contributed by atoms with Crippen LogP contribution in [0.1, 0.15) is 118 Å². The second kappa shape index (κ2) is 46.8. The number of aliphatic hydroxyl groups excluding tert-OH is 2. The molecule has 1 aliphatic heterocycles. The van der Waals surface area contributed by atoms with Gasteiger partial charge in [-0.2, -0.15) is 0 Å². The summed E-state index contributed by atoms with van der Waals surface area (Å²) in [6.07, 6.45) is -8.42. The van der Waals surface area contributed by atoms with Gasteiger partial charge in [-0.3, -0.25) is 96.1 Å². The predicted molar refractivity (Wildman–Crippen MR) is 356 cm³/mol. The van der Waals surface area contributed by atoms with Crippen molar-refractivity contribution in [1.29, 1.82) is 0 Å². The molecule has 1 heterocycles. The van der Waals surface area contributed by atoms with Crippen LogP contribution in [0.15, 0.2) is 10.1 Å². The van der Waals surface area contributed by atoms with Crippen LogP contribution in [-0.2, 0) is 91.1 Å². The second-order valence-electron chi connectivity index (χ2n) is 24.2. The Morgan fingerprint density at radius 3 is 1.31 bits per heavy atom. The van der Waals surface area contributed by atoms with Crippen molar-refractivity contribution in [2.24, 2.45) is 50.6 Å². The molecular weight excluding hydrogens is 1390 g/mol. The molecule has 0 radical (unpaired) electrons. The lowest BCUT2D eigenvalue weighted by atomic mass is 9.96. The van der Waals surface area contributed by atoms with E-state index in [4.69, 9.17) is 34.2 Å². The fourth-order valence-electron chi connectivity index (χ4n) is 9.48. The number of unbranched alkanes of at least 4 members (excludes halogenated alkanes) is 1. The van der Waals surface area contributed by atoms with Gasteiger partial charge in [0.2, 0.25) is 100 Å². The van der Waals surface area contributed by atoms with E-state index in [1.165, 1.54) is 6.92 Å². The maximum absolute atomic E-state index is 14.4. The first-order valence-corrected chi connectivity index (χ1v) is 32.5. The predicted octanol–water partition coefficient (Wildman–Crippen LogP) is -11.4. The number of nitrogens with two attached hydrogens (primary N) is 5. The number of aliphatic hydroxyl groups is 2. The Bertz CT molecular complexity index is 3200. The quantitative estimate of drug-likeness (QED) is 0.00955. The molecule has 0 aromatic rings. The average molecular weight is 1480 g/mol. The largest absolute Gasteiger partial charge is 0.481 e. The molecule has 0 bridgehead atoms. The number of primary amides is 3. The van der Waals surface area contributed by atoms with Crippen LogP contribution in [0.2, 0.25) is 0 Å². The van der Waals surface area contributed by atoms with E-state index in [2.05, 4.69) is 57.6 Å². The number of azide groups is 1. The first-order chi connectivity index (χ1) is 48.7. The van der Waals surface area contributed by atoms with Crippen LogP contribution in [-0.4, -0.2) is 251 Å².